The Labute approximate surface area is 91.9 Å². The lowest BCUT2D eigenvalue weighted by Crippen LogP contribution is -2.27. The highest BCUT2D eigenvalue weighted by molar-refractivity contribution is 5.30. The first-order chi connectivity index (χ1) is 7.09. The molecule has 1 N–H and O–H groups in total. The summed E-state index contributed by atoms with van der Waals surface area (Å²) in [5.41, 5.74) is 1.01. The number of nitrogens with one attached hydrogen (secondary N) is 1. The van der Waals surface area contributed by atoms with Crippen LogP contribution in [0.3, 0.4) is 0 Å². The molecule has 0 atom stereocenters. The SMILES string of the molecule is CCC(C)(C)Oc1cnccc1CNC. The largest absolute Gasteiger partial charge is 0.486 e. The molecule has 1 rings (SSSR count). The highest BCUT2D eigenvalue weighted by Gasteiger charge is 2.18. The van der Waals surface area contributed by atoms with Crippen LogP contribution in [0.4, 0.5) is 0 Å². The first kappa shape index (κ1) is 12.0. The van der Waals surface area contributed by atoms with E-state index in [1.165, 1.54) is 0 Å². The molecule has 0 radical (unpaired) electrons. The highest BCUT2D eigenvalue weighted by atomic mass is 16.5. The summed E-state index contributed by atoms with van der Waals surface area (Å²) in [5.74, 6) is 0.874. The van der Waals surface area contributed by atoms with Gasteiger partial charge in [-0.25, -0.2) is 0 Å². The fraction of sp³-hybridized carbons (Fsp3) is 0.583. The maximum absolute atomic E-state index is 5.93. The Hall–Kier alpha value is -1.09. The number of hydrogen-bond acceptors (Lipinski definition) is 3. The molecule has 0 saturated carbocycles. The van der Waals surface area contributed by atoms with E-state index in [0.29, 0.717) is 0 Å². The highest BCUT2D eigenvalue weighted by Crippen LogP contribution is 2.23. The van der Waals surface area contributed by atoms with Gasteiger partial charge in [-0.1, -0.05) is 6.92 Å². The number of aromatic nitrogens is 1. The molecule has 84 valence electrons. The van der Waals surface area contributed by atoms with E-state index >= 15 is 0 Å². The summed E-state index contributed by atoms with van der Waals surface area (Å²) in [5, 5.41) is 3.12. The first-order valence-electron chi connectivity index (χ1n) is 5.35. The van der Waals surface area contributed by atoms with Gasteiger partial charge in [0.25, 0.3) is 0 Å². The summed E-state index contributed by atoms with van der Waals surface area (Å²) >= 11 is 0. The van der Waals surface area contributed by atoms with Crippen molar-refractivity contribution in [3.63, 3.8) is 0 Å². The molecule has 1 aromatic heterocycles. The minimum atomic E-state index is -0.133. The van der Waals surface area contributed by atoms with E-state index in [1.54, 1.807) is 12.4 Å². The smallest absolute Gasteiger partial charge is 0.142 e. The van der Waals surface area contributed by atoms with Crippen LogP contribution in [0.2, 0.25) is 0 Å². The second kappa shape index (κ2) is 5.12. The molecule has 0 amide bonds. The molecule has 0 aliphatic carbocycles. The Kier molecular flexibility index (Phi) is 4.09. The van der Waals surface area contributed by atoms with Crippen LogP contribution in [0.15, 0.2) is 18.5 Å². The number of ether oxygens (including phenoxy) is 1. The standard InChI is InChI=1S/C12H20N2O/c1-5-12(2,3)15-11-9-14-7-6-10(11)8-13-4/h6-7,9,13H,5,8H2,1-4H3. The average Bonchev–Trinajstić information content (AvgIpc) is 2.21. The van der Waals surface area contributed by atoms with Crippen LogP contribution < -0.4 is 10.1 Å². The topological polar surface area (TPSA) is 34.1 Å². The van der Waals surface area contributed by atoms with Crippen LogP contribution in [0.1, 0.15) is 32.8 Å². The van der Waals surface area contributed by atoms with Crippen molar-refractivity contribution in [2.45, 2.75) is 39.3 Å². The molecule has 15 heavy (non-hydrogen) atoms. The molecule has 3 nitrogen and oxygen atoms in total. The van der Waals surface area contributed by atoms with Gasteiger partial charge in [0.05, 0.1) is 6.20 Å². The zero-order valence-electron chi connectivity index (χ0n) is 10.0. The van der Waals surface area contributed by atoms with Gasteiger partial charge in [0.15, 0.2) is 0 Å². The van der Waals surface area contributed by atoms with Gasteiger partial charge < -0.3 is 10.1 Å². The van der Waals surface area contributed by atoms with Crippen molar-refractivity contribution in [3.05, 3.63) is 24.0 Å². The van der Waals surface area contributed by atoms with E-state index in [-0.39, 0.29) is 5.60 Å². The summed E-state index contributed by atoms with van der Waals surface area (Å²) in [7, 11) is 1.93. The van der Waals surface area contributed by atoms with Gasteiger partial charge in [-0.15, -0.1) is 0 Å². The summed E-state index contributed by atoms with van der Waals surface area (Å²) in [6, 6.07) is 1.98. The van der Waals surface area contributed by atoms with Crippen molar-refractivity contribution in [3.8, 4) is 5.75 Å². The molecule has 0 unspecified atom stereocenters. The van der Waals surface area contributed by atoms with E-state index in [9.17, 15) is 0 Å². The number of rotatable bonds is 5. The Balaban J connectivity index is 2.84. The Bertz CT molecular complexity index is 310. The lowest BCUT2D eigenvalue weighted by molar-refractivity contribution is 0.103. The van der Waals surface area contributed by atoms with Gasteiger partial charge in [0, 0.05) is 18.3 Å². The minimum Gasteiger partial charge on any atom is -0.486 e. The van der Waals surface area contributed by atoms with Crippen LogP contribution >= 0.6 is 0 Å². The molecule has 0 saturated heterocycles. The summed E-state index contributed by atoms with van der Waals surface area (Å²) < 4.78 is 5.93. The van der Waals surface area contributed by atoms with Gasteiger partial charge in [-0.3, -0.25) is 4.98 Å². The molecule has 3 heteroatoms. The molecule has 1 heterocycles. The van der Waals surface area contributed by atoms with Crippen LogP contribution in [0, 0.1) is 0 Å². The van der Waals surface area contributed by atoms with Gasteiger partial charge in [-0.05, 0) is 33.4 Å². The zero-order chi connectivity index (χ0) is 11.3. The van der Waals surface area contributed by atoms with Crippen LogP contribution in [-0.2, 0) is 6.54 Å². The van der Waals surface area contributed by atoms with Crippen molar-refractivity contribution in [1.82, 2.24) is 10.3 Å². The van der Waals surface area contributed by atoms with Crippen LogP contribution in [-0.4, -0.2) is 17.6 Å². The van der Waals surface area contributed by atoms with E-state index in [0.717, 1.165) is 24.3 Å². The Morgan fingerprint density at radius 1 is 1.47 bits per heavy atom. The predicted octanol–water partition coefficient (Wildman–Crippen LogP) is 2.37. The normalized spacial score (nSPS) is 11.5. The fourth-order valence-corrected chi connectivity index (χ4v) is 1.21. The Morgan fingerprint density at radius 3 is 2.80 bits per heavy atom. The Morgan fingerprint density at radius 2 is 2.20 bits per heavy atom. The quantitative estimate of drug-likeness (QED) is 0.806. The minimum absolute atomic E-state index is 0.133. The van der Waals surface area contributed by atoms with Gasteiger partial charge in [0.1, 0.15) is 11.4 Å². The van der Waals surface area contributed by atoms with Crippen molar-refractivity contribution in [1.29, 1.82) is 0 Å². The lowest BCUT2D eigenvalue weighted by Gasteiger charge is -2.26. The number of hydrogen-bond donors (Lipinski definition) is 1. The molecular weight excluding hydrogens is 188 g/mol. The first-order valence-corrected chi connectivity index (χ1v) is 5.35. The summed E-state index contributed by atoms with van der Waals surface area (Å²) in [6.45, 7) is 7.10. The van der Waals surface area contributed by atoms with Gasteiger partial charge in [-0.2, -0.15) is 0 Å². The molecule has 0 fully saturated rings. The van der Waals surface area contributed by atoms with Crippen LogP contribution in [0.25, 0.3) is 0 Å². The van der Waals surface area contributed by atoms with Crippen molar-refractivity contribution in [2.75, 3.05) is 7.05 Å². The molecule has 0 aliphatic rings. The molecule has 0 bridgehead atoms. The maximum atomic E-state index is 5.93. The van der Waals surface area contributed by atoms with E-state index in [1.807, 2.05) is 13.1 Å². The fourth-order valence-electron chi connectivity index (χ4n) is 1.21. The molecule has 0 aliphatic heterocycles. The third-order valence-electron chi connectivity index (χ3n) is 2.47. The van der Waals surface area contributed by atoms with Gasteiger partial charge >= 0.3 is 0 Å². The maximum Gasteiger partial charge on any atom is 0.142 e. The molecule has 0 spiro atoms. The molecule has 0 aromatic carbocycles. The third kappa shape index (κ3) is 3.51. The average molecular weight is 208 g/mol. The van der Waals surface area contributed by atoms with E-state index < -0.39 is 0 Å². The lowest BCUT2D eigenvalue weighted by atomic mass is 10.1. The zero-order valence-corrected chi connectivity index (χ0v) is 10.0. The summed E-state index contributed by atoms with van der Waals surface area (Å²) in [4.78, 5) is 4.09. The van der Waals surface area contributed by atoms with Crippen molar-refractivity contribution < 1.29 is 4.74 Å². The molecule has 1 aromatic rings. The predicted molar refractivity (Wildman–Crippen MR) is 62.0 cm³/mol. The second-order valence-corrected chi connectivity index (χ2v) is 4.23. The number of pyridine rings is 1. The summed E-state index contributed by atoms with van der Waals surface area (Å²) in [6.07, 6.45) is 4.55. The van der Waals surface area contributed by atoms with E-state index in [2.05, 4.69) is 31.1 Å². The van der Waals surface area contributed by atoms with Gasteiger partial charge in [0.2, 0.25) is 0 Å². The third-order valence-corrected chi connectivity index (χ3v) is 2.47. The monoisotopic (exact) mass is 208 g/mol. The number of nitrogens with zero attached hydrogens (tertiary/aromatic N) is 1. The second-order valence-electron chi connectivity index (χ2n) is 4.23. The van der Waals surface area contributed by atoms with Crippen molar-refractivity contribution in [2.24, 2.45) is 0 Å². The molecular formula is C12H20N2O. The van der Waals surface area contributed by atoms with Crippen molar-refractivity contribution >= 4 is 0 Å². The van der Waals surface area contributed by atoms with E-state index in [4.69, 9.17) is 4.74 Å². The van der Waals surface area contributed by atoms with Crippen LogP contribution in [0.5, 0.6) is 5.75 Å².